The fourth-order valence-electron chi connectivity index (χ4n) is 3.12. The van der Waals surface area contributed by atoms with Gasteiger partial charge >= 0.3 is 0 Å². The van der Waals surface area contributed by atoms with Crippen LogP contribution in [0.3, 0.4) is 0 Å². The lowest BCUT2D eigenvalue weighted by atomic mass is 10.1. The summed E-state index contributed by atoms with van der Waals surface area (Å²) in [6.45, 7) is 6.75. The summed E-state index contributed by atoms with van der Waals surface area (Å²) in [5.74, 6) is 0.644. The average molecular weight is 393 g/mol. The Kier molecular flexibility index (Phi) is 5.94. The molecule has 1 aliphatic heterocycles. The summed E-state index contributed by atoms with van der Waals surface area (Å²) in [4.78, 5) is 16.8. The van der Waals surface area contributed by atoms with Gasteiger partial charge in [0.15, 0.2) is 6.10 Å². The Morgan fingerprint density at radius 1 is 1.00 bits per heavy atom. The molecule has 1 atom stereocenters. The van der Waals surface area contributed by atoms with Crippen LogP contribution in [0.2, 0.25) is 10.0 Å². The van der Waals surface area contributed by atoms with E-state index in [0.717, 1.165) is 23.8 Å². The van der Waals surface area contributed by atoms with Crippen LogP contribution in [0.1, 0.15) is 12.5 Å². The summed E-state index contributed by atoms with van der Waals surface area (Å²) in [5.41, 5.74) is 2.32. The molecule has 138 valence electrons. The summed E-state index contributed by atoms with van der Waals surface area (Å²) in [5, 5.41) is 1.37. The van der Waals surface area contributed by atoms with Crippen molar-refractivity contribution in [1.29, 1.82) is 0 Å². The van der Waals surface area contributed by atoms with Crippen molar-refractivity contribution in [2.45, 2.75) is 20.0 Å². The van der Waals surface area contributed by atoms with Gasteiger partial charge in [0.25, 0.3) is 5.91 Å². The van der Waals surface area contributed by atoms with Crippen LogP contribution in [0.15, 0.2) is 42.5 Å². The molecule has 0 unspecified atom stereocenters. The lowest BCUT2D eigenvalue weighted by Gasteiger charge is -2.37. The van der Waals surface area contributed by atoms with Gasteiger partial charge in [0.1, 0.15) is 5.75 Å². The van der Waals surface area contributed by atoms with Gasteiger partial charge in [-0.3, -0.25) is 4.79 Å². The fraction of sp³-hybridized carbons (Fsp3) is 0.350. The first kappa shape index (κ1) is 18.9. The van der Waals surface area contributed by atoms with E-state index in [9.17, 15) is 4.79 Å². The molecular formula is C20H22Cl2N2O2. The normalized spacial score (nSPS) is 15.7. The minimum absolute atomic E-state index is 0.00224. The molecule has 6 heteroatoms. The van der Waals surface area contributed by atoms with E-state index in [-0.39, 0.29) is 5.91 Å². The highest BCUT2D eigenvalue weighted by Gasteiger charge is 2.26. The maximum Gasteiger partial charge on any atom is 0.263 e. The number of halogens is 2. The van der Waals surface area contributed by atoms with Gasteiger partial charge in [0.05, 0.1) is 0 Å². The van der Waals surface area contributed by atoms with Crippen LogP contribution in [0, 0.1) is 6.92 Å². The first-order valence-corrected chi connectivity index (χ1v) is 9.42. The predicted octanol–water partition coefficient (Wildman–Crippen LogP) is 4.42. The van der Waals surface area contributed by atoms with Crippen molar-refractivity contribution in [3.8, 4) is 5.75 Å². The molecule has 2 aromatic carbocycles. The van der Waals surface area contributed by atoms with E-state index in [1.165, 1.54) is 5.56 Å². The topological polar surface area (TPSA) is 32.8 Å². The molecule has 0 aliphatic carbocycles. The Hall–Kier alpha value is -1.91. The van der Waals surface area contributed by atoms with Gasteiger partial charge in [-0.25, -0.2) is 0 Å². The van der Waals surface area contributed by atoms with Crippen molar-refractivity contribution >= 4 is 34.8 Å². The standard InChI is InChI=1S/C20H22Cl2N2O2/c1-14-3-4-17(22)13-19(14)23-9-11-24(12-10-23)20(25)15(2)26-18-7-5-16(21)6-8-18/h3-8,13,15H,9-12H2,1-2H3/t15-/m0/s1. The van der Waals surface area contributed by atoms with Crippen LogP contribution < -0.4 is 9.64 Å². The van der Waals surface area contributed by atoms with Crippen molar-refractivity contribution < 1.29 is 9.53 Å². The van der Waals surface area contributed by atoms with Crippen LogP contribution in [-0.2, 0) is 4.79 Å². The number of aryl methyl sites for hydroxylation is 1. The van der Waals surface area contributed by atoms with Crippen molar-refractivity contribution in [2.75, 3.05) is 31.1 Å². The molecule has 0 saturated carbocycles. The first-order valence-electron chi connectivity index (χ1n) is 8.66. The molecule has 0 N–H and O–H groups in total. The number of amides is 1. The van der Waals surface area contributed by atoms with Crippen LogP contribution in [0.5, 0.6) is 5.75 Å². The molecule has 26 heavy (non-hydrogen) atoms. The Bertz CT molecular complexity index is 772. The quantitative estimate of drug-likeness (QED) is 0.771. The van der Waals surface area contributed by atoms with Crippen molar-refractivity contribution in [3.05, 3.63) is 58.1 Å². The largest absolute Gasteiger partial charge is 0.481 e. The summed E-state index contributed by atoms with van der Waals surface area (Å²) in [7, 11) is 0. The van der Waals surface area contributed by atoms with Gasteiger partial charge in [-0.1, -0.05) is 29.3 Å². The number of carbonyl (C=O) groups is 1. The minimum atomic E-state index is -0.532. The van der Waals surface area contributed by atoms with Gasteiger partial charge < -0.3 is 14.5 Å². The first-order chi connectivity index (χ1) is 12.4. The van der Waals surface area contributed by atoms with Gasteiger partial charge in [-0.15, -0.1) is 0 Å². The molecule has 1 heterocycles. The monoisotopic (exact) mass is 392 g/mol. The number of hydrogen-bond donors (Lipinski definition) is 0. The SMILES string of the molecule is Cc1ccc(Cl)cc1N1CCN(C(=O)[C@H](C)Oc2ccc(Cl)cc2)CC1. The van der Waals surface area contributed by atoms with Crippen LogP contribution in [0.25, 0.3) is 0 Å². The molecule has 2 aromatic rings. The fourth-order valence-corrected chi connectivity index (χ4v) is 3.41. The van der Waals surface area contributed by atoms with Gasteiger partial charge in [-0.05, 0) is 55.8 Å². The molecule has 0 spiro atoms. The number of nitrogens with zero attached hydrogens (tertiary/aromatic N) is 2. The van der Waals surface area contributed by atoms with E-state index in [2.05, 4.69) is 11.8 Å². The van der Waals surface area contributed by atoms with Crippen molar-refractivity contribution in [2.24, 2.45) is 0 Å². The highest BCUT2D eigenvalue weighted by molar-refractivity contribution is 6.31. The van der Waals surface area contributed by atoms with E-state index >= 15 is 0 Å². The molecule has 0 aromatic heterocycles. The zero-order valence-corrected chi connectivity index (χ0v) is 16.4. The Labute approximate surface area is 164 Å². The molecular weight excluding hydrogens is 371 g/mol. The van der Waals surface area contributed by atoms with E-state index in [1.807, 2.05) is 23.1 Å². The number of rotatable bonds is 4. The number of ether oxygens (including phenoxy) is 1. The van der Waals surface area contributed by atoms with Crippen LogP contribution in [-0.4, -0.2) is 43.1 Å². The summed E-state index contributed by atoms with van der Waals surface area (Å²) < 4.78 is 5.75. The molecule has 0 radical (unpaired) electrons. The second kappa shape index (κ2) is 8.19. The lowest BCUT2D eigenvalue weighted by molar-refractivity contribution is -0.138. The Morgan fingerprint density at radius 3 is 2.27 bits per heavy atom. The van der Waals surface area contributed by atoms with Crippen LogP contribution in [0.4, 0.5) is 5.69 Å². The molecule has 4 nitrogen and oxygen atoms in total. The van der Waals surface area contributed by atoms with Gasteiger partial charge in [0, 0.05) is 41.9 Å². The second-order valence-corrected chi connectivity index (χ2v) is 7.33. The van der Waals surface area contributed by atoms with E-state index in [4.69, 9.17) is 27.9 Å². The van der Waals surface area contributed by atoms with Gasteiger partial charge in [-0.2, -0.15) is 0 Å². The Morgan fingerprint density at radius 2 is 1.62 bits per heavy atom. The number of hydrogen-bond acceptors (Lipinski definition) is 3. The summed E-state index contributed by atoms with van der Waals surface area (Å²) >= 11 is 12.0. The molecule has 3 rings (SSSR count). The van der Waals surface area contributed by atoms with Crippen LogP contribution >= 0.6 is 23.2 Å². The zero-order chi connectivity index (χ0) is 18.7. The molecule has 1 amide bonds. The summed E-state index contributed by atoms with van der Waals surface area (Å²) in [6.07, 6.45) is -0.532. The van der Waals surface area contributed by atoms with E-state index < -0.39 is 6.10 Å². The third-order valence-electron chi connectivity index (χ3n) is 4.58. The molecule has 1 aliphatic rings. The molecule has 0 bridgehead atoms. The molecule has 1 fully saturated rings. The highest BCUT2D eigenvalue weighted by atomic mass is 35.5. The van der Waals surface area contributed by atoms with Crippen molar-refractivity contribution in [1.82, 2.24) is 4.90 Å². The number of anilines is 1. The maximum atomic E-state index is 12.7. The average Bonchev–Trinajstić information content (AvgIpc) is 2.65. The number of carbonyl (C=O) groups excluding carboxylic acids is 1. The predicted molar refractivity (Wildman–Crippen MR) is 107 cm³/mol. The van der Waals surface area contributed by atoms with E-state index in [0.29, 0.717) is 23.9 Å². The zero-order valence-electron chi connectivity index (χ0n) is 14.9. The number of benzene rings is 2. The Balaban J connectivity index is 1.57. The van der Waals surface area contributed by atoms with Gasteiger partial charge in [0.2, 0.25) is 0 Å². The third kappa shape index (κ3) is 4.43. The minimum Gasteiger partial charge on any atom is -0.481 e. The van der Waals surface area contributed by atoms with Crippen molar-refractivity contribution in [3.63, 3.8) is 0 Å². The summed E-state index contributed by atoms with van der Waals surface area (Å²) in [6, 6.07) is 13.0. The second-order valence-electron chi connectivity index (χ2n) is 6.46. The highest BCUT2D eigenvalue weighted by Crippen LogP contribution is 2.25. The number of piperazine rings is 1. The van der Waals surface area contributed by atoms with E-state index in [1.54, 1.807) is 31.2 Å². The smallest absolute Gasteiger partial charge is 0.263 e. The maximum absolute atomic E-state index is 12.7. The third-order valence-corrected chi connectivity index (χ3v) is 5.06. The lowest BCUT2D eigenvalue weighted by Crippen LogP contribution is -2.52. The molecule has 1 saturated heterocycles.